The van der Waals surface area contributed by atoms with E-state index in [4.69, 9.17) is 10.5 Å². The van der Waals surface area contributed by atoms with Crippen LogP contribution in [0.25, 0.3) is 10.2 Å². The van der Waals surface area contributed by atoms with Gasteiger partial charge in [-0.25, -0.2) is 13.8 Å². The number of hydrogen-bond donors (Lipinski definition) is 1. The van der Waals surface area contributed by atoms with Gasteiger partial charge in [0.2, 0.25) is 11.8 Å². The Morgan fingerprint density at radius 3 is 2.44 bits per heavy atom. The molecule has 0 bridgehead atoms. The number of anilines is 2. The molecular weight excluding hydrogens is 572 g/mol. The lowest BCUT2D eigenvalue weighted by atomic mass is 10.0. The zero-order valence-electron chi connectivity index (χ0n) is 23.2. The number of halogens is 2. The number of fused-ring (bicyclic) bond motifs is 1. The van der Waals surface area contributed by atoms with E-state index in [1.165, 1.54) is 52.6 Å². The van der Waals surface area contributed by atoms with Crippen LogP contribution in [0.4, 0.5) is 20.2 Å². The van der Waals surface area contributed by atoms with Gasteiger partial charge in [-0.1, -0.05) is 11.8 Å². The van der Waals surface area contributed by atoms with E-state index in [9.17, 15) is 14.0 Å². The van der Waals surface area contributed by atoms with Crippen molar-refractivity contribution in [2.24, 2.45) is 11.1 Å². The van der Waals surface area contributed by atoms with E-state index in [0.29, 0.717) is 16.0 Å². The van der Waals surface area contributed by atoms with E-state index in [1.807, 2.05) is 30.7 Å². The maximum Gasteiger partial charge on any atom is 0.247 e. The number of nitrogens with zero attached hydrogens (tertiary/aromatic N) is 4. The van der Waals surface area contributed by atoms with Crippen LogP contribution in [-0.2, 0) is 15.1 Å². The largest absolute Gasteiger partial charge is 0.453 e. The van der Waals surface area contributed by atoms with Crippen molar-refractivity contribution in [3.63, 3.8) is 0 Å². The Morgan fingerprint density at radius 1 is 1.05 bits per heavy atom. The van der Waals surface area contributed by atoms with Crippen molar-refractivity contribution in [3.05, 3.63) is 96.0 Å². The highest BCUT2D eigenvalue weighted by Gasteiger charge is 2.57. The molecule has 8 nitrogen and oxygen atoms in total. The number of hydrogen-bond acceptors (Lipinski definition) is 6. The minimum Gasteiger partial charge on any atom is -0.453 e. The summed E-state index contributed by atoms with van der Waals surface area (Å²) >= 11 is 1.37. The summed E-state index contributed by atoms with van der Waals surface area (Å²) in [7, 11) is 0. The number of ether oxygens (including phenoxy) is 1. The Kier molecular flexibility index (Phi) is 6.94. The third kappa shape index (κ3) is 5.33. The molecule has 6 rings (SSSR count). The second-order valence-electron chi connectivity index (χ2n) is 10.7. The van der Waals surface area contributed by atoms with Crippen molar-refractivity contribution in [1.29, 1.82) is 0 Å². The van der Waals surface area contributed by atoms with Crippen LogP contribution in [-0.4, -0.2) is 26.3 Å². The predicted octanol–water partition coefficient (Wildman–Crippen LogP) is 6.28. The normalized spacial score (nSPS) is 13.7. The number of thiophene rings is 1. The molecule has 5 aromatic rings. The Morgan fingerprint density at radius 2 is 1.79 bits per heavy atom. The van der Waals surface area contributed by atoms with E-state index < -0.39 is 34.4 Å². The zero-order valence-corrected chi connectivity index (χ0v) is 24.0. The summed E-state index contributed by atoms with van der Waals surface area (Å²) in [5, 5.41) is 0. The van der Waals surface area contributed by atoms with E-state index in [0.717, 1.165) is 10.9 Å². The molecule has 0 aliphatic heterocycles. The lowest BCUT2D eigenvalue weighted by molar-refractivity contribution is -0.133. The average Bonchev–Trinajstić information content (AvgIpc) is 3.39. The summed E-state index contributed by atoms with van der Waals surface area (Å²) in [6, 6.07) is 12.6. The molecule has 1 aliphatic rings. The van der Waals surface area contributed by atoms with E-state index >= 15 is 4.39 Å². The quantitative estimate of drug-likeness (QED) is 0.176. The van der Waals surface area contributed by atoms with Gasteiger partial charge < -0.3 is 15.0 Å². The summed E-state index contributed by atoms with van der Waals surface area (Å²) in [6.45, 7) is 3.97. The van der Waals surface area contributed by atoms with Crippen LogP contribution in [0.2, 0.25) is 0 Å². The van der Waals surface area contributed by atoms with Gasteiger partial charge in [0.05, 0.1) is 27.1 Å². The second kappa shape index (κ2) is 10.6. The summed E-state index contributed by atoms with van der Waals surface area (Å²) in [5.41, 5.74) is 4.75. The smallest absolute Gasteiger partial charge is 0.247 e. The first-order chi connectivity index (χ1) is 20.6. The van der Waals surface area contributed by atoms with Gasteiger partial charge in [0.25, 0.3) is 0 Å². The summed E-state index contributed by atoms with van der Waals surface area (Å²) in [4.78, 5) is 36.1. The first-order valence-electron chi connectivity index (χ1n) is 13.3. The molecule has 1 saturated carbocycles. The molecule has 2 amide bonds. The minimum absolute atomic E-state index is 0.0823. The first-order valence-corrected chi connectivity index (χ1v) is 14.2. The fourth-order valence-electron chi connectivity index (χ4n) is 4.63. The number of aromatic nitrogens is 3. The topological polar surface area (TPSA) is 103 Å². The van der Waals surface area contributed by atoms with E-state index in [2.05, 4.69) is 21.8 Å². The van der Waals surface area contributed by atoms with Gasteiger partial charge in [0.15, 0.2) is 11.6 Å². The molecule has 216 valence electrons. The van der Waals surface area contributed by atoms with Gasteiger partial charge in [0, 0.05) is 36.4 Å². The molecule has 0 unspecified atom stereocenters. The standard InChI is InChI=1S/C32H25F2N5O3S/c1-31(2,38-16-15-36-19-38)11-9-23-18-25-28(43-23)27(10-14-37-25)42-26-8-7-22(17-24(26)34)39(21-5-3-20(33)4-6-21)30(41)32(12-13-32)29(35)40/h3-8,10,14-19H,12-13H2,1-2H3,(H2,35,40). The predicted molar refractivity (Wildman–Crippen MR) is 159 cm³/mol. The highest BCUT2D eigenvalue weighted by Crippen LogP contribution is 2.49. The van der Waals surface area contributed by atoms with Gasteiger partial charge >= 0.3 is 0 Å². The number of rotatable bonds is 7. The molecule has 2 N–H and O–H groups in total. The molecule has 11 heteroatoms. The van der Waals surface area contributed by atoms with E-state index in [-0.39, 0.29) is 30.0 Å². The lowest BCUT2D eigenvalue weighted by Crippen LogP contribution is -2.41. The number of nitrogens with two attached hydrogens (primary N) is 1. The number of amides is 2. The molecule has 43 heavy (non-hydrogen) atoms. The fraction of sp³-hybridized carbons (Fsp3) is 0.188. The third-order valence-corrected chi connectivity index (χ3v) is 8.38. The van der Waals surface area contributed by atoms with Crippen molar-refractivity contribution < 1.29 is 23.1 Å². The maximum absolute atomic E-state index is 15.5. The second-order valence-corrected chi connectivity index (χ2v) is 11.7. The lowest BCUT2D eigenvalue weighted by Gasteiger charge is -2.26. The fourth-order valence-corrected chi connectivity index (χ4v) is 5.55. The Labute approximate surface area is 249 Å². The number of imidazole rings is 1. The number of benzene rings is 2. The summed E-state index contributed by atoms with van der Waals surface area (Å²) < 4.78 is 37.8. The number of carbonyl (C=O) groups excluding carboxylic acids is 2. The molecule has 3 heterocycles. The zero-order chi connectivity index (χ0) is 30.4. The highest BCUT2D eigenvalue weighted by molar-refractivity contribution is 7.19. The monoisotopic (exact) mass is 597 g/mol. The van der Waals surface area contributed by atoms with Crippen LogP contribution in [0.15, 0.2) is 79.5 Å². The van der Waals surface area contributed by atoms with Gasteiger partial charge in [-0.15, -0.1) is 11.3 Å². The van der Waals surface area contributed by atoms with Crippen LogP contribution in [0.5, 0.6) is 11.5 Å². The van der Waals surface area contributed by atoms with Crippen molar-refractivity contribution >= 4 is 44.7 Å². The number of carbonyl (C=O) groups is 2. The van der Waals surface area contributed by atoms with Crippen LogP contribution < -0.4 is 15.4 Å². The Bertz CT molecular complexity index is 1920. The SMILES string of the molecule is CC(C)(C#Cc1cc2nccc(Oc3ccc(N(C(=O)C4(C(N)=O)CC4)c4ccc(F)cc4)cc3F)c2s1)n1ccnc1. The average molecular weight is 598 g/mol. The highest BCUT2D eigenvalue weighted by atomic mass is 32.1. The molecule has 1 aliphatic carbocycles. The molecule has 3 aromatic heterocycles. The van der Waals surface area contributed by atoms with Crippen LogP contribution in [0, 0.1) is 28.9 Å². The van der Waals surface area contributed by atoms with Gasteiger partial charge in [-0.2, -0.15) is 0 Å². The van der Waals surface area contributed by atoms with Crippen molar-refractivity contribution in [3.8, 4) is 23.3 Å². The van der Waals surface area contributed by atoms with Crippen molar-refractivity contribution in [2.45, 2.75) is 32.2 Å². The molecule has 2 aromatic carbocycles. The third-order valence-electron chi connectivity index (χ3n) is 7.33. The van der Waals surface area contributed by atoms with Gasteiger partial charge in [-0.05, 0) is 69.2 Å². The molecule has 0 radical (unpaired) electrons. The summed E-state index contributed by atoms with van der Waals surface area (Å²) in [6.07, 6.45) is 7.40. The van der Waals surface area contributed by atoms with Gasteiger partial charge in [-0.3, -0.25) is 19.5 Å². The van der Waals surface area contributed by atoms with Crippen LogP contribution in [0.3, 0.4) is 0 Å². The number of primary amides is 1. The maximum atomic E-state index is 15.5. The Hall–Kier alpha value is -5.08. The van der Waals surface area contributed by atoms with Crippen LogP contribution >= 0.6 is 11.3 Å². The minimum atomic E-state index is -1.38. The van der Waals surface area contributed by atoms with E-state index in [1.54, 1.807) is 24.8 Å². The molecular formula is C32H25F2N5O3S. The molecule has 0 atom stereocenters. The Balaban J connectivity index is 1.30. The molecule has 0 saturated heterocycles. The van der Waals surface area contributed by atoms with Crippen molar-refractivity contribution in [1.82, 2.24) is 14.5 Å². The number of pyridine rings is 1. The molecule has 0 spiro atoms. The van der Waals surface area contributed by atoms with Gasteiger partial charge in [0.1, 0.15) is 22.5 Å². The molecule has 1 fully saturated rings. The summed E-state index contributed by atoms with van der Waals surface area (Å²) in [5.74, 6) is 4.16. The van der Waals surface area contributed by atoms with Crippen molar-refractivity contribution in [2.75, 3.05) is 4.90 Å². The van der Waals surface area contributed by atoms with Crippen LogP contribution in [0.1, 0.15) is 31.6 Å². The first kappa shape index (κ1) is 28.1.